The summed E-state index contributed by atoms with van der Waals surface area (Å²) in [4.78, 5) is 15.4. The van der Waals surface area contributed by atoms with Crippen LogP contribution in [-0.4, -0.2) is 4.98 Å². The zero-order valence-corrected chi connectivity index (χ0v) is 12.1. The van der Waals surface area contributed by atoms with E-state index < -0.39 is 0 Å². The highest BCUT2D eigenvalue weighted by molar-refractivity contribution is 5.72. The fraction of sp³-hybridized carbons (Fsp3) is 0.111. The van der Waals surface area contributed by atoms with E-state index in [0.717, 1.165) is 16.5 Å². The predicted molar refractivity (Wildman–Crippen MR) is 85.1 cm³/mol. The summed E-state index contributed by atoms with van der Waals surface area (Å²) in [5, 5.41) is 10.2. The normalized spacial score (nSPS) is 12.7. The largest absolute Gasteiger partial charge is 0.360 e. The Hall–Kier alpha value is -2.86. The summed E-state index contributed by atoms with van der Waals surface area (Å²) in [7, 11) is 0. The molecule has 0 amide bonds. The molecule has 0 aliphatic rings. The number of nitrogens with zero attached hydrogens (tertiary/aromatic N) is 1. The Morgan fingerprint density at radius 2 is 2.00 bits per heavy atom. The molecule has 0 saturated heterocycles. The van der Waals surface area contributed by atoms with Crippen LogP contribution in [0.2, 0.25) is 0 Å². The van der Waals surface area contributed by atoms with Gasteiger partial charge in [-0.05, 0) is 31.5 Å². The molecule has 0 saturated carbocycles. The van der Waals surface area contributed by atoms with Gasteiger partial charge in [-0.3, -0.25) is 4.79 Å². The van der Waals surface area contributed by atoms with Crippen molar-refractivity contribution in [1.29, 1.82) is 5.26 Å². The van der Waals surface area contributed by atoms with E-state index in [4.69, 9.17) is 5.26 Å². The third kappa shape index (κ3) is 2.70. The van der Waals surface area contributed by atoms with Crippen molar-refractivity contribution in [3.05, 3.63) is 80.6 Å². The predicted octanol–water partition coefficient (Wildman–Crippen LogP) is 1.74. The molecular weight excluding hydrogens is 260 g/mol. The Morgan fingerprint density at radius 1 is 1.33 bits per heavy atom. The number of aromatic amines is 1. The lowest BCUT2D eigenvalue weighted by Gasteiger charge is -2.04. The van der Waals surface area contributed by atoms with E-state index in [1.807, 2.05) is 19.1 Å². The number of aromatic nitrogens is 1. The van der Waals surface area contributed by atoms with Gasteiger partial charge in [0.25, 0.3) is 0 Å². The average molecular weight is 276 g/mol. The van der Waals surface area contributed by atoms with E-state index in [-0.39, 0.29) is 5.43 Å². The van der Waals surface area contributed by atoms with Crippen LogP contribution in [-0.2, 0) is 0 Å². The lowest BCUT2D eigenvalue weighted by Crippen LogP contribution is -2.43. The summed E-state index contributed by atoms with van der Waals surface area (Å²) in [6, 6.07) is 9.30. The van der Waals surface area contributed by atoms with Crippen LogP contribution >= 0.6 is 0 Å². The van der Waals surface area contributed by atoms with E-state index in [1.54, 1.807) is 37.4 Å². The second-order valence-electron chi connectivity index (χ2n) is 4.69. The third-order valence-electron chi connectivity index (χ3n) is 3.39. The maximum atomic E-state index is 12.2. The molecule has 0 unspecified atom stereocenters. The number of rotatable bonds is 2. The number of aryl methyl sites for hydroxylation is 1. The molecule has 0 fully saturated rings. The molecule has 0 aliphatic heterocycles. The van der Waals surface area contributed by atoms with Gasteiger partial charge in [0.05, 0.1) is 17.0 Å². The zero-order chi connectivity index (χ0) is 15.4. The molecule has 1 aromatic carbocycles. The Morgan fingerprint density at radius 3 is 2.52 bits per heavy atom. The molecule has 0 radical (unpaired) electrons. The Labute approximate surface area is 123 Å². The topological polar surface area (TPSA) is 56.6 Å². The number of hydrogen-bond donors (Lipinski definition) is 1. The number of H-pyrrole nitrogens is 1. The minimum Gasteiger partial charge on any atom is -0.360 e. The molecule has 1 aromatic heterocycles. The molecule has 2 aromatic rings. The van der Waals surface area contributed by atoms with Crippen molar-refractivity contribution in [1.82, 2.24) is 4.98 Å². The highest BCUT2D eigenvalue weighted by atomic mass is 16.1. The van der Waals surface area contributed by atoms with Crippen LogP contribution in [0.15, 0.2) is 47.9 Å². The van der Waals surface area contributed by atoms with Crippen LogP contribution in [0.5, 0.6) is 0 Å². The second-order valence-corrected chi connectivity index (χ2v) is 4.69. The van der Waals surface area contributed by atoms with E-state index in [9.17, 15) is 4.79 Å². The van der Waals surface area contributed by atoms with Gasteiger partial charge in [0, 0.05) is 22.6 Å². The second kappa shape index (κ2) is 6.06. The smallest absolute Gasteiger partial charge is 0.191 e. The lowest BCUT2D eigenvalue weighted by atomic mass is 10.0. The molecule has 1 N–H and O–H groups in total. The minimum atomic E-state index is 0.0132. The summed E-state index contributed by atoms with van der Waals surface area (Å²) in [6.07, 6.45) is 5.22. The van der Waals surface area contributed by atoms with Crippen molar-refractivity contribution in [3.63, 3.8) is 0 Å². The first-order chi connectivity index (χ1) is 10.1. The fourth-order valence-corrected chi connectivity index (χ4v) is 2.24. The molecule has 21 heavy (non-hydrogen) atoms. The minimum absolute atomic E-state index is 0.0132. The Balaban J connectivity index is 2.88. The molecule has 1 heterocycles. The van der Waals surface area contributed by atoms with Crippen molar-refractivity contribution in [3.8, 4) is 6.07 Å². The van der Waals surface area contributed by atoms with Crippen molar-refractivity contribution in [2.45, 2.75) is 13.8 Å². The monoisotopic (exact) mass is 276 g/mol. The highest BCUT2D eigenvalue weighted by Gasteiger charge is 2.04. The van der Waals surface area contributed by atoms with E-state index in [0.29, 0.717) is 16.3 Å². The Kier molecular flexibility index (Phi) is 4.20. The zero-order valence-electron chi connectivity index (χ0n) is 12.1. The molecule has 104 valence electrons. The van der Waals surface area contributed by atoms with Gasteiger partial charge in [0.1, 0.15) is 0 Å². The number of benzene rings is 1. The van der Waals surface area contributed by atoms with Crippen LogP contribution in [0.4, 0.5) is 0 Å². The number of allylic oxidation sites excluding steroid dienone is 1. The van der Waals surface area contributed by atoms with Crippen LogP contribution in [0.3, 0.4) is 0 Å². The molecule has 0 atom stereocenters. The van der Waals surface area contributed by atoms with Crippen LogP contribution in [0, 0.1) is 18.3 Å². The van der Waals surface area contributed by atoms with Gasteiger partial charge in [-0.1, -0.05) is 30.9 Å². The van der Waals surface area contributed by atoms with Gasteiger partial charge in [0.2, 0.25) is 0 Å². The van der Waals surface area contributed by atoms with Crippen LogP contribution < -0.4 is 16.0 Å². The molecule has 3 heteroatoms. The van der Waals surface area contributed by atoms with Gasteiger partial charge in [-0.2, -0.15) is 5.26 Å². The van der Waals surface area contributed by atoms with Crippen molar-refractivity contribution in [2.75, 3.05) is 0 Å². The number of nitrogens with one attached hydrogen (secondary N) is 1. The van der Waals surface area contributed by atoms with Gasteiger partial charge in [-0.25, -0.2) is 0 Å². The van der Waals surface area contributed by atoms with Crippen molar-refractivity contribution < 1.29 is 0 Å². The quantitative estimate of drug-likeness (QED) is 0.908. The van der Waals surface area contributed by atoms with E-state index in [2.05, 4.69) is 17.6 Å². The summed E-state index contributed by atoms with van der Waals surface area (Å²) in [5.41, 5.74) is 3.03. The number of pyridine rings is 1. The third-order valence-corrected chi connectivity index (χ3v) is 3.39. The fourth-order valence-electron chi connectivity index (χ4n) is 2.24. The first-order valence-corrected chi connectivity index (χ1v) is 6.64. The molecular formula is C18H16N2O. The van der Waals surface area contributed by atoms with Crippen LogP contribution in [0.1, 0.15) is 23.6 Å². The number of hydrogen-bond acceptors (Lipinski definition) is 2. The maximum absolute atomic E-state index is 12.2. The summed E-state index contributed by atoms with van der Waals surface area (Å²) in [6.45, 7) is 7.47. The first kappa shape index (κ1) is 14.5. The van der Waals surface area contributed by atoms with Gasteiger partial charge < -0.3 is 4.98 Å². The summed E-state index contributed by atoms with van der Waals surface area (Å²) >= 11 is 0. The molecule has 0 spiro atoms. The molecule has 0 aliphatic carbocycles. The van der Waals surface area contributed by atoms with Gasteiger partial charge in [0.15, 0.2) is 5.43 Å². The Bertz CT molecular complexity index is 894. The number of nitriles is 1. The van der Waals surface area contributed by atoms with E-state index in [1.165, 1.54) is 0 Å². The molecule has 2 rings (SSSR count). The van der Waals surface area contributed by atoms with Gasteiger partial charge >= 0.3 is 0 Å². The SMILES string of the molecule is C=C/C(c1ccc(C#N)cc1)=c1/[nH]cc(C)c(=O)/c1=C/C. The standard InChI is InChI=1S/C18H16N2O/c1-4-15(14-8-6-13(10-19)7-9-14)17-16(5-2)18(21)12(3)11-20-17/h4-9,11,20H,1H2,2-3H3/b16-5+,17-15-. The lowest BCUT2D eigenvalue weighted by molar-refractivity contribution is 1.14. The summed E-state index contributed by atoms with van der Waals surface area (Å²) < 4.78 is 0. The summed E-state index contributed by atoms with van der Waals surface area (Å²) in [5.74, 6) is 0. The molecule has 0 bridgehead atoms. The highest BCUT2D eigenvalue weighted by Crippen LogP contribution is 2.12. The average Bonchev–Trinajstić information content (AvgIpc) is 2.52. The first-order valence-electron chi connectivity index (χ1n) is 6.64. The molecule has 3 nitrogen and oxygen atoms in total. The maximum Gasteiger partial charge on any atom is 0.191 e. The van der Waals surface area contributed by atoms with E-state index >= 15 is 0 Å². The van der Waals surface area contributed by atoms with Crippen molar-refractivity contribution in [2.24, 2.45) is 0 Å². The van der Waals surface area contributed by atoms with Crippen LogP contribution in [0.25, 0.3) is 11.6 Å². The van der Waals surface area contributed by atoms with Gasteiger partial charge in [-0.15, -0.1) is 0 Å². The van der Waals surface area contributed by atoms with Crippen molar-refractivity contribution >= 4 is 11.6 Å².